The van der Waals surface area contributed by atoms with Crippen LogP contribution < -0.4 is 5.32 Å². The largest absolute Gasteiger partial charge is 0.355 e. The van der Waals surface area contributed by atoms with Crippen LogP contribution in [0.15, 0.2) is 18.3 Å². The van der Waals surface area contributed by atoms with E-state index in [9.17, 15) is 9.59 Å². The average molecular weight is 304 g/mol. The minimum absolute atomic E-state index is 0.0163. The lowest BCUT2D eigenvalue weighted by Gasteiger charge is -2.34. The number of carbonyl (C=O) groups is 2. The van der Waals surface area contributed by atoms with Crippen molar-refractivity contribution in [1.29, 1.82) is 0 Å². The van der Waals surface area contributed by atoms with E-state index in [1.165, 1.54) is 0 Å². The van der Waals surface area contributed by atoms with Gasteiger partial charge < -0.3 is 10.2 Å². The molecule has 0 radical (unpaired) electrons. The number of nitrogens with zero attached hydrogens (tertiary/aromatic N) is 3. The van der Waals surface area contributed by atoms with E-state index in [-0.39, 0.29) is 11.8 Å². The Balaban J connectivity index is 1.80. The van der Waals surface area contributed by atoms with Gasteiger partial charge in [-0.1, -0.05) is 6.92 Å². The minimum atomic E-state index is 0.0163. The lowest BCUT2D eigenvalue weighted by atomic mass is 10.2. The quantitative estimate of drug-likeness (QED) is 0.868. The summed E-state index contributed by atoms with van der Waals surface area (Å²) in [5.41, 5.74) is 1.53. The second kappa shape index (κ2) is 7.89. The Hall–Kier alpha value is -1.95. The lowest BCUT2D eigenvalue weighted by Crippen LogP contribution is -2.51. The molecule has 1 N–H and O–H groups in total. The van der Waals surface area contributed by atoms with Crippen molar-refractivity contribution in [2.75, 3.05) is 39.3 Å². The summed E-state index contributed by atoms with van der Waals surface area (Å²) in [6.07, 6.45) is 2.57. The van der Waals surface area contributed by atoms with Crippen molar-refractivity contribution in [1.82, 2.24) is 20.1 Å². The summed E-state index contributed by atoms with van der Waals surface area (Å²) in [6, 6.07) is 3.66. The van der Waals surface area contributed by atoms with Gasteiger partial charge in [0.25, 0.3) is 5.91 Å². The standard InChI is InChI=1S/C16H24N4O2/c1-3-6-17-15(21)12-19-7-9-20(10-8-19)16(22)14-5-4-13(2)18-11-14/h4-5,11H,3,6-10,12H2,1-2H3,(H,17,21). The van der Waals surface area contributed by atoms with Crippen LogP contribution >= 0.6 is 0 Å². The Morgan fingerprint density at radius 1 is 1.23 bits per heavy atom. The summed E-state index contributed by atoms with van der Waals surface area (Å²) in [7, 11) is 0. The Morgan fingerprint density at radius 3 is 2.55 bits per heavy atom. The van der Waals surface area contributed by atoms with Crippen LogP contribution in [-0.2, 0) is 4.79 Å². The number of pyridine rings is 1. The fourth-order valence-electron chi connectivity index (χ4n) is 2.41. The molecule has 0 aromatic carbocycles. The molecule has 0 aliphatic carbocycles. The number of aromatic nitrogens is 1. The number of rotatable bonds is 5. The maximum absolute atomic E-state index is 12.4. The SMILES string of the molecule is CCCNC(=O)CN1CCN(C(=O)c2ccc(C)nc2)CC1. The highest BCUT2D eigenvalue weighted by Gasteiger charge is 2.23. The van der Waals surface area contributed by atoms with Crippen LogP contribution in [0.2, 0.25) is 0 Å². The third kappa shape index (κ3) is 4.53. The van der Waals surface area contributed by atoms with Crippen LogP contribution in [-0.4, -0.2) is 65.9 Å². The van der Waals surface area contributed by atoms with Gasteiger partial charge in [-0.05, 0) is 25.5 Å². The van der Waals surface area contributed by atoms with E-state index in [1.54, 1.807) is 6.20 Å². The van der Waals surface area contributed by atoms with Crippen molar-refractivity contribution in [3.63, 3.8) is 0 Å². The van der Waals surface area contributed by atoms with Crippen molar-refractivity contribution in [2.24, 2.45) is 0 Å². The van der Waals surface area contributed by atoms with Crippen LogP contribution in [0.3, 0.4) is 0 Å². The second-order valence-electron chi connectivity index (χ2n) is 5.61. The van der Waals surface area contributed by atoms with E-state index in [4.69, 9.17) is 0 Å². The first-order chi connectivity index (χ1) is 10.6. The topological polar surface area (TPSA) is 65.5 Å². The third-order valence-corrected chi connectivity index (χ3v) is 3.76. The lowest BCUT2D eigenvalue weighted by molar-refractivity contribution is -0.122. The number of piperazine rings is 1. The van der Waals surface area contributed by atoms with Gasteiger partial charge in [0, 0.05) is 44.6 Å². The first-order valence-electron chi connectivity index (χ1n) is 7.81. The predicted molar refractivity (Wildman–Crippen MR) is 84.6 cm³/mol. The molecule has 0 bridgehead atoms. The van der Waals surface area contributed by atoms with Gasteiger partial charge in [0.15, 0.2) is 0 Å². The molecular weight excluding hydrogens is 280 g/mol. The van der Waals surface area contributed by atoms with E-state index in [0.29, 0.717) is 25.2 Å². The highest BCUT2D eigenvalue weighted by Crippen LogP contribution is 2.08. The van der Waals surface area contributed by atoms with Gasteiger partial charge in [0.1, 0.15) is 0 Å². The summed E-state index contributed by atoms with van der Waals surface area (Å²) >= 11 is 0. The Kier molecular flexibility index (Phi) is 5.89. The maximum atomic E-state index is 12.4. The maximum Gasteiger partial charge on any atom is 0.255 e. The molecule has 1 saturated heterocycles. The fraction of sp³-hybridized carbons (Fsp3) is 0.562. The monoisotopic (exact) mass is 304 g/mol. The zero-order chi connectivity index (χ0) is 15.9. The van der Waals surface area contributed by atoms with Gasteiger partial charge in [-0.3, -0.25) is 19.5 Å². The van der Waals surface area contributed by atoms with Gasteiger partial charge in [-0.2, -0.15) is 0 Å². The number of hydrogen-bond acceptors (Lipinski definition) is 4. The van der Waals surface area contributed by atoms with Crippen molar-refractivity contribution in [3.8, 4) is 0 Å². The molecule has 0 spiro atoms. The molecule has 0 saturated carbocycles. The second-order valence-corrected chi connectivity index (χ2v) is 5.61. The first kappa shape index (κ1) is 16.4. The molecule has 0 unspecified atom stereocenters. The Labute approximate surface area is 131 Å². The smallest absolute Gasteiger partial charge is 0.255 e. The molecule has 1 aromatic heterocycles. The summed E-state index contributed by atoms with van der Waals surface area (Å²) in [5, 5.41) is 2.88. The fourth-order valence-corrected chi connectivity index (χ4v) is 2.41. The summed E-state index contributed by atoms with van der Waals surface area (Å²) in [5.74, 6) is 0.0759. The highest BCUT2D eigenvalue weighted by atomic mass is 16.2. The third-order valence-electron chi connectivity index (χ3n) is 3.76. The Morgan fingerprint density at radius 2 is 1.95 bits per heavy atom. The van der Waals surface area contributed by atoms with E-state index in [0.717, 1.165) is 31.7 Å². The first-order valence-corrected chi connectivity index (χ1v) is 7.81. The normalized spacial score (nSPS) is 15.6. The molecule has 6 nitrogen and oxygen atoms in total. The minimum Gasteiger partial charge on any atom is -0.355 e. The zero-order valence-corrected chi connectivity index (χ0v) is 13.3. The number of amides is 2. The molecule has 120 valence electrons. The van der Waals surface area contributed by atoms with Crippen LogP contribution in [0.1, 0.15) is 29.4 Å². The number of aryl methyl sites for hydroxylation is 1. The molecular formula is C16H24N4O2. The predicted octanol–water partition coefficient (Wildman–Crippen LogP) is 0.674. The summed E-state index contributed by atoms with van der Waals surface area (Å²) < 4.78 is 0. The van der Waals surface area contributed by atoms with E-state index in [2.05, 4.69) is 15.2 Å². The zero-order valence-electron chi connectivity index (χ0n) is 13.3. The highest BCUT2D eigenvalue weighted by molar-refractivity contribution is 5.94. The van der Waals surface area contributed by atoms with Crippen molar-refractivity contribution in [3.05, 3.63) is 29.6 Å². The molecule has 1 aromatic rings. The van der Waals surface area contributed by atoms with Crippen molar-refractivity contribution in [2.45, 2.75) is 20.3 Å². The van der Waals surface area contributed by atoms with E-state index < -0.39 is 0 Å². The molecule has 22 heavy (non-hydrogen) atoms. The molecule has 0 atom stereocenters. The molecule has 1 fully saturated rings. The van der Waals surface area contributed by atoms with Gasteiger partial charge in [0.05, 0.1) is 12.1 Å². The summed E-state index contributed by atoms with van der Waals surface area (Å²) in [4.78, 5) is 32.1. The van der Waals surface area contributed by atoms with Crippen LogP contribution in [0.5, 0.6) is 0 Å². The molecule has 6 heteroatoms. The van der Waals surface area contributed by atoms with E-state index >= 15 is 0 Å². The van der Waals surface area contributed by atoms with Crippen LogP contribution in [0.4, 0.5) is 0 Å². The van der Waals surface area contributed by atoms with Crippen LogP contribution in [0, 0.1) is 6.92 Å². The van der Waals surface area contributed by atoms with E-state index in [1.807, 2.05) is 30.9 Å². The molecule has 1 aliphatic rings. The average Bonchev–Trinajstić information content (AvgIpc) is 2.54. The van der Waals surface area contributed by atoms with Gasteiger partial charge in [0.2, 0.25) is 5.91 Å². The number of nitrogens with one attached hydrogen (secondary N) is 1. The summed E-state index contributed by atoms with van der Waals surface area (Å²) in [6.45, 7) is 7.81. The molecule has 2 heterocycles. The van der Waals surface area contributed by atoms with Gasteiger partial charge >= 0.3 is 0 Å². The van der Waals surface area contributed by atoms with Crippen molar-refractivity contribution >= 4 is 11.8 Å². The van der Waals surface area contributed by atoms with Gasteiger partial charge in [-0.25, -0.2) is 0 Å². The molecule has 2 rings (SSSR count). The number of carbonyl (C=O) groups excluding carboxylic acids is 2. The Bertz CT molecular complexity index is 507. The van der Waals surface area contributed by atoms with Crippen molar-refractivity contribution < 1.29 is 9.59 Å². The van der Waals surface area contributed by atoms with Gasteiger partial charge in [-0.15, -0.1) is 0 Å². The number of hydrogen-bond donors (Lipinski definition) is 1. The van der Waals surface area contributed by atoms with Crippen LogP contribution in [0.25, 0.3) is 0 Å². The molecule has 1 aliphatic heterocycles. The molecule has 2 amide bonds.